The second-order valence-corrected chi connectivity index (χ2v) is 4.76. The van der Waals surface area contributed by atoms with Crippen LogP contribution in [-0.4, -0.2) is 38.9 Å². The third kappa shape index (κ3) is 2.28. The number of carbonyl (C=O) groups is 1. The number of aliphatic hydroxyl groups is 2. The van der Waals surface area contributed by atoms with Crippen LogP contribution in [-0.2, 0) is 9.68 Å². The van der Waals surface area contributed by atoms with Crippen LogP contribution in [0.15, 0.2) is 0 Å². The summed E-state index contributed by atoms with van der Waals surface area (Å²) in [6, 6.07) is 0. The van der Waals surface area contributed by atoms with Crippen LogP contribution in [0.5, 0.6) is 0 Å². The van der Waals surface area contributed by atoms with Gasteiger partial charge < -0.3 is 15.3 Å². The van der Waals surface area contributed by atoms with Crippen LogP contribution in [0.3, 0.4) is 0 Å². The van der Waals surface area contributed by atoms with Gasteiger partial charge in [0.2, 0.25) is 0 Å². The number of carboxylic acid groups (broad SMARTS) is 1. The molecule has 6 heteroatoms. The minimum Gasteiger partial charge on any atom is -0.481 e. The van der Waals surface area contributed by atoms with E-state index >= 15 is 0 Å². The lowest BCUT2D eigenvalue weighted by Crippen LogP contribution is -2.60. The second-order valence-electron chi connectivity index (χ2n) is 4.76. The molecule has 0 aromatic carbocycles. The molecule has 0 heterocycles. The number of aliphatic carboxylic acids is 1. The van der Waals surface area contributed by atoms with Crippen LogP contribution in [0, 0.1) is 10.8 Å². The van der Waals surface area contributed by atoms with Gasteiger partial charge in [-0.25, -0.2) is 4.89 Å². The first kappa shape index (κ1) is 14.3. The van der Waals surface area contributed by atoms with Gasteiger partial charge in [-0.2, -0.15) is 0 Å². The summed E-state index contributed by atoms with van der Waals surface area (Å²) in [7, 11) is 0. The van der Waals surface area contributed by atoms with Crippen molar-refractivity contribution in [2.24, 2.45) is 10.8 Å². The number of hydrogen-bond acceptors (Lipinski definition) is 5. The molecule has 0 aliphatic carbocycles. The topological polar surface area (TPSA) is 107 Å². The van der Waals surface area contributed by atoms with Gasteiger partial charge in [0.1, 0.15) is 5.41 Å². The standard InChI is InChI=1S/C9H18O6/c1-7(2,5-15-14)9(12,13)8(3,4)6(10)11/h12-14H,5H2,1-4H3,(H,10,11). The molecule has 0 aromatic rings. The largest absolute Gasteiger partial charge is 0.481 e. The molecule has 0 atom stereocenters. The Morgan fingerprint density at radius 2 is 1.60 bits per heavy atom. The van der Waals surface area contributed by atoms with Gasteiger partial charge in [0.15, 0.2) is 5.79 Å². The Labute approximate surface area is 88.0 Å². The molecule has 0 rings (SSSR count). The van der Waals surface area contributed by atoms with Crippen molar-refractivity contribution >= 4 is 5.97 Å². The quantitative estimate of drug-likeness (QED) is 0.302. The fraction of sp³-hybridized carbons (Fsp3) is 0.889. The van der Waals surface area contributed by atoms with Gasteiger partial charge in [-0.15, -0.1) is 0 Å². The minimum absolute atomic E-state index is 0.392. The Bertz CT molecular complexity index is 243. The number of hydrogen-bond donors (Lipinski definition) is 4. The summed E-state index contributed by atoms with van der Waals surface area (Å²) in [6.07, 6.45) is 0. The van der Waals surface area contributed by atoms with E-state index < -0.39 is 29.2 Å². The zero-order valence-electron chi connectivity index (χ0n) is 9.31. The van der Waals surface area contributed by atoms with Crippen LogP contribution in [0.1, 0.15) is 27.7 Å². The highest BCUT2D eigenvalue weighted by atomic mass is 17.1. The Balaban J connectivity index is 5.20. The van der Waals surface area contributed by atoms with E-state index in [2.05, 4.69) is 4.89 Å². The van der Waals surface area contributed by atoms with Gasteiger partial charge in [-0.1, -0.05) is 13.8 Å². The van der Waals surface area contributed by atoms with Crippen LogP contribution in [0.25, 0.3) is 0 Å². The van der Waals surface area contributed by atoms with E-state index in [1.807, 2.05) is 0 Å². The smallest absolute Gasteiger partial charge is 0.314 e. The number of rotatable bonds is 5. The molecule has 0 saturated heterocycles. The van der Waals surface area contributed by atoms with Crippen molar-refractivity contribution in [2.75, 3.05) is 6.61 Å². The van der Waals surface area contributed by atoms with Crippen molar-refractivity contribution < 1.29 is 30.3 Å². The molecule has 0 amide bonds. The maximum absolute atomic E-state index is 10.9. The van der Waals surface area contributed by atoms with Crippen molar-refractivity contribution in [2.45, 2.75) is 33.5 Å². The fourth-order valence-electron chi connectivity index (χ4n) is 1.26. The average molecular weight is 222 g/mol. The molecule has 4 N–H and O–H groups in total. The molecular formula is C9H18O6. The van der Waals surface area contributed by atoms with Gasteiger partial charge in [0.05, 0.1) is 6.61 Å². The van der Waals surface area contributed by atoms with Gasteiger partial charge in [0.25, 0.3) is 0 Å². The van der Waals surface area contributed by atoms with Gasteiger partial charge in [0, 0.05) is 5.41 Å². The van der Waals surface area contributed by atoms with Crippen LogP contribution in [0.2, 0.25) is 0 Å². The lowest BCUT2D eigenvalue weighted by atomic mass is 9.69. The monoisotopic (exact) mass is 222 g/mol. The van der Waals surface area contributed by atoms with Gasteiger partial charge in [-0.05, 0) is 13.8 Å². The normalized spacial score (nSPS) is 14.1. The first-order valence-corrected chi connectivity index (χ1v) is 4.45. The van der Waals surface area contributed by atoms with Gasteiger partial charge >= 0.3 is 5.97 Å². The maximum atomic E-state index is 10.9. The summed E-state index contributed by atoms with van der Waals surface area (Å²) in [4.78, 5) is 14.8. The molecule has 0 bridgehead atoms. The predicted molar refractivity (Wildman–Crippen MR) is 50.9 cm³/mol. The Morgan fingerprint density at radius 3 is 1.87 bits per heavy atom. The highest BCUT2D eigenvalue weighted by molar-refractivity contribution is 5.75. The summed E-state index contributed by atoms with van der Waals surface area (Å²) in [5.41, 5.74) is -3.11. The molecule has 0 saturated carbocycles. The molecule has 0 fully saturated rings. The summed E-state index contributed by atoms with van der Waals surface area (Å²) < 4.78 is 0. The van der Waals surface area contributed by atoms with Crippen LogP contribution < -0.4 is 0 Å². The minimum atomic E-state index is -2.52. The summed E-state index contributed by atoms with van der Waals surface area (Å²) in [5, 5.41) is 36.9. The first-order valence-electron chi connectivity index (χ1n) is 4.45. The fourth-order valence-corrected chi connectivity index (χ4v) is 1.26. The van der Waals surface area contributed by atoms with Crippen molar-refractivity contribution in [1.82, 2.24) is 0 Å². The van der Waals surface area contributed by atoms with E-state index in [-0.39, 0.29) is 0 Å². The van der Waals surface area contributed by atoms with E-state index in [1.54, 1.807) is 0 Å². The zero-order valence-corrected chi connectivity index (χ0v) is 9.31. The Hall–Kier alpha value is -0.690. The van der Waals surface area contributed by atoms with Crippen molar-refractivity contribution in [1.29, 1.82) is 0 Å². The van der Waals surface area contributed by atoms with E-state index in [1.165, 1.54) is 27.7 Å². The SMILES string of the molecule is CC(C)(COO)C(O)(O)C(C)(C)C(=O)O. The van der Waals surface area contributed by atoms with E-state index in [0.717, 1.165) is 0 Å². The Morgan fingerprint density at radius 1 is 1.20 bits per heavy atom. The first-order chi connectivity index (χ1) is 6.50. The molecule has 0 spiro atoms. The predicted octanol–water partition coefficient (Wildman–Crippen LogP) is 0.294. The molecular weight excluding hydrogens is 204 g/mol. The Kier molecular flexibility index (Phi) is 3.87. The summed E-state index contributed by atoms with van der Waals surface area (Å²) in [5.74, 6) is -3.87. The van der Waals surface area contributed by atoms with Crippen LogP contribution in [0.4, 0.5) is 0 Å². The van der Waals surface area contributed by atoms with E-state index in [9.17, 15) is 15.0 Å². The molecule has 0 aliphatic heterocycles. The average Bonchev–Trinajstić information content (AvgIpc) is 2.02. The highest BCUT2D eigenvalue weighted by Gasteiger charge is 2.57. The molecule has 90 valence electrons. The van der Waals surface area contributed by atoms with Crippen molar-refractivity contribution in [3.8, 4) is 0 Å². The third-order valence-corrected chi connectivity index (χ3v) is 2.78. The molecule has 0 aliphatic rings. The molecule has 0 radical (unpaired) electrons. The third-order valence-electron chi connectivity index (χ3n) is 2.78. The lowest BCUT2D eigenvalue weighted by Gasteiger charge is -2.45. The lowest BCUT2D eigenvalue weighted by molar-refractivity contribution is -0.336. The van der Waals surface area contributed by atoms with Gasteiger partial charge in [-0.3, -0.25) is 10.1 Å². The zero-order chi connectivity index (χ0) is 12.5. The second kappa shape index (κ2) is 4.05. The summed E-state index contributed by atoms with van der Waals surface area (Å²) in [6.45, 7) is 4.75. The molecule has 0 unspecified atom stereocenters. The highest BCUT2D eigenvalue weighted by Crippen LogP contribution is 2.42. The van der Waals surface area contributed by atoms with E-state index in [0.29, 0.717) is 0 Å². The van der Waals surface area contributed by atoms with Crippen molar-refractivity contribution in [3.05, 3.63) is 0 Å². The van der Waals surface area contributed by atoms with E-state index in [4.69, 9.17) is 10.4 Å². The van der Waals surface area contributed by atoms with Crippen LogP contribution >= 0.6 is 0 Å². The number of carboxylic acids is 1. The maximum Gasteiger partial charge on any atom is 0.314 e. The summed E-state index contributed by atoms with van der Waals surface area (Å²) >= 11 is 0. The van der Waals surface area contributed by atoms with Crippen molar-refractivity contribution in [3.63, 3.8) is 0 Å². The molecule has 6 nitrogen and oxygen atoms in total. The molecule has 15 heavy (non-hydrogen) atoms. The molecule has 0 aromatic heterocycles.